The maximum Gasteiger partial charge on any atom is 0.121 e. The summed E-state index contributed by atoms with van der Waals surface area (Å²) in [4.78, 5) is 2.50. The Hall–Kier alpha value is -1.07. The Morgan fingerprint density at radius 3 is 2.47 bits per heavy atom. The summed E-state index contributed by atoms with van der Waals surface area (Å²) in [6, 6.07) is 8.33. The Morgan fingerprint density at radius 1 is 1.18 bits per heavy atom. The molecular formula is C12H15N3S2. The van der Waals surface area contributed by atoms with Gasteiger partial charge in [-0.15, -0.1) is 23.5 Å². The maximum absolute atomic E-state index is 5.82. The first-order valence-corrected chi connectivity index (χ1v) is 7.62. The minimum absolute atomic E-state index is 0.681. The minimum Gasteiger partial charge on any atom is -0.384 e. The van der Waals surface area contributed by atoms with E-state index in [1.165, 1.54) is 9.79 Å². The Kier molecular flexibility index (Phi) is 3.69. The molecule has 0 saturated carbocycles. The number of nitrogens with two attached hydrogens (primary N) is 1. The standard InChI is InChI=1S/C12H15N3S2/c1-15-12(13)7-10(14-15)9-5-4-8(16-2)6-11(9)17-3/h4-7H,13H2,1-3H3. The van der Waals surface area contributed by atoms with Crippen LogP contribution in [0.1, 0.15) is 0 Å². The molecule has 17 heavy (non-hydrogen) atoms. The lowest BCUT2D eigenvalue weighted by atomic mass is 10.1. The highest BCUT2D eigenvalue weighted by atomic mass is 32.2. The number of benzene rings is 1. The lowest BCUT2D eigenvalue weighted by Crippen LogP contribution is -1.96. The van der Waals surface area contributed by atoms with Crippen LogP contribution < -0.4 is 5.73 Å². The van der Waals surface area contributed by atoms with Crippen molar-refractivity contribution in [1.82, 2.24) is 9.78 Å². The monoisotopic (exact) mass is 265 g/mol. The van der Waals surface area contributed by atoms with Crippen molar-refractivity contribution < 1.29 is 0 Å². The van der Waals surface area contributed by atoms with Crippen LogP contribution in [0.25, 0.3) is 11.3 Å². The van der Waals surface area contributed by atoms with Gasteiger partial charge >= 0.3 is 0 Å². The molecule has 0 saturated heterocycles. The molecule has 2 aromatic rings. The van der Waals surface area contributed by atoms with Crippen molar-refractivity contribution in [1.29, 1.82) is 0 Å². The van der Waals surface area contributed by atoms with E-state index in [-0.39, 0.29) is 0 Å². The molecule has 0 fully saturated rings. The summed E-state index contributed by atoms with van der Waals surface area (Å²) >= 11 is 3.48. The number of anilines is 1. The molecule has 0 radical (unpaired) electrons. The Labute approximate surface area is 110 Å². The van der Waals surface area contributed by atoms with E-state index < -0.39 is 0 Å². The van der Waals surface area contributed by atoms with E-state index in [1.54, 1.807) is 28.2 Å². The maximum atomic E-state index is 5.82. The van der Waals surface area contributed by atoms with E-state index in [4.69, 9.17) is 5.73 Å². The summed E-state index contributed by atoms with van der Waals surface area (Å²) in [6.07, 6.45) is 4.16. The van der Waals surface area contributed by atoms with Crippen molar-refractivity contribution in [3.63, 3.8) is 0 Å². The van der Waals surface area contributed by atoms with Crippen molar-refractivity contribution >= 4 is 29.3 Å². The number of hydrogen-bond acceptors (Lipinski definition) is 4. The van der Waals surface area contributed by atoms with E-state index >= 15 is 0 Å². The van der Waals surface area contributed by atoms with Crippen molar-refractivity contribution in [2.24, 2.45) is 7.05 Å². The van der Waals surface area contributed by atoms with Gasteiger partial charge in [0.1, 0.15) is 5.82 Å². The summed E-state index contributed by atoms with van der Waals surface area (Å²) in [6.45, 7) is 0. The zero-order chi connectivity index (χ0) is 12.4. The van der Waals surface area contributed by atoms with Crippen LogP contribution in [0.3, 0.4) is 0 Å². The highest BCUT2D eigenvalue weighted by Gasteiger charge is 2.10. The molecule has 1 heterocycles. The fraction of sp³-hybridized carbons (Fsp3) is 0.250. The minimum atomic E-state index is 0.681. The summed E-state index contributed by atoms with van der Waals surface area (Å²) < 4.78 is 1.70. The molecule has 3 nitrogen and oxygen atoms in total. The smallest absolute Gasteiger partial charge is 0.121 e. The average molecular weight is 265 g/mol. The summed E-state index contributed by atoms with van der Waals surface area (Å²) in [5.74, 6) is 0.681. The zero-order valence-electron chi connectivity index (χ0n) is 10.1. The molecule has 5 heteroatoms. The molecule has 0 bridgehead atoms. The van der Waals surface area contributed by atoms with Gasteiger partial charge in [0.05, 0.1) is 5.69 Å². The number of hydrogen-bond donors (Lipinski definition) is 1. The number of aromatic nitrogens is 2. The third kappa shape index (κ3) is 2.45. The van der Waals surface area contributed by atoms with Crippen LogP contribution in [-0.2, 0) is 7.05 Å². The van der Waals surface area contributed by atoms with Gasteiger partial charge in [0, 0.05) is 28.5 Å². The van der Waals surface area contributed by atoms with Gasteiger partial charge in [-0.1, -0.05) is 6.07 Å². The van der Waals surface area contributed by atoms with Crippen molar-refractivity contribution in [2.45, 2.75) is 9.79 Å². The van der Waals surface area contributed by atoms with Crippen LogP contribution in [0, 0.1) is 0 Å². The van der Waals surface area contributed by atoms with Crippen LogP contribution >= 0.6 is 23.5 Å². The fourth-order valence-corrected chi connectivity index (χ4v) is 2.78. The van der Waals surface area contributed by atoms with E-state index in [0.29, 0.717) is 5.82 Å². The van der Waals surface area contributed by atoms with Gasteiger partial charge in [-0.05, 0) is 24.6 Å². The number of thioether (sulfide) groups is 2. The number of aryl methyl sites for hydroxylation is 1. The summed E-state index contributed by atoms with van der Waals surface area (Å²) in [5, 5.41) is 4.42. The quantitative estimate of drug-likeness (QED) is 0.866. The summed E-state index contributed by atoms with van der Waals surface area (Å²) in [5.41, 5.74) is 7.89. The molecule has 0 aliphatic heterocycles. The van der Waals surface area contributed by atoms with Gasteiger partial charge in [0.2, 0.25) is 0 Å². The first-order chi connectivity index (χ1) is 8.15. The second-order valence-corrected chi connectivity index (χ2v) is 5.37. The predicted octanol–water partition coefficient (Wildman–Crippen LogP) is 3.11. The van der Waals surface area contributed by atoms with Gasteiger partial charge < -0.3 is 5.73 Å². The van der Waals surface area contributed by atoms with Crippen molar-refractivity contribution in [2.75, 3.05) is 18.2 Å². The Bertz CT molecular complexity index is 515. The third-order valence-corrected chi connectivity index (χ3v) is 4.10. The average Bonchev–Trinajstić information content (AvgIpc) is 2.68. The molecule has 0 aliphatic carbocycles. The topological polar surface area (TPSA) is 43.8 Å². The zero-order valence-corrected chi connectivity index (χ0v) is 11.7. The Morgan fingerprint density at radius 2 is 1.94 bits per heavy atom. The lowest BCUT2D eigenvalue weighted by molar-refractivity contribution is 0.781. The molecule has 90 valence electrons. The summed E-state index contributed by atoms with van der Waals surface area (Å²) in [7, 11) is 1.86. The first kappa shape index (κ1) is 12.4. The van der Waals surface area contributed by atoms with E-state index in [1.807, 2.05) is 13.1 Å². The van der Waals surface area contributed by atoms with E-state index in [0.717, 1.165) is 11.3 Å². The molecular weight excluding hydrogens is 250 g/mol. The fourth-order valence-electron chi connectivity index (χ4n) is 1.62. The molecule has 0 amide bonds. The van der Waals surface area contributed by atoms with Crippen LogP contribution in [0.15, 0.2) is 34.1 Å². The molecule has 0 aliphatic rings. The van der Waals surface area contributed by atoms with Crippen LogP contribution in [0.4, 0.5) is 5.82 Å². The van der Waals surface area contributed by atoms with Gasteiger partial charge in [-0.2, -0.15) is 5.10 Å². The predicted molar refractivity (Wildman–Crippen MR) is 76.6 cm³/mol. The van der Waals surface area contributed by atoms with E-state index in [2.05, 4.69) is 35.8 Å². The Balaban J connectivity index is 2.51. The highest BCUT2D eigenvalue weighted by molar-refractivity contribution is 7.99. The van der Waals surface area contributed by atoms with E-state index in [9.17, 15) is 0 Å². The normalized spacial score (nSPS) is 10.8. The largest absolute Gasteiger partial charge is 0.384 e. The SMILES string of the molecule is CSc1ccc(-c2cc(N)n(C)n2)c(SC)c1. The molecule has 1 aromatic carbocycles. The molecule has 0 unspecified atom stereocenters. The number of rotatable bonds is 3. The second kappa shape index (κ2) is 5.06. The van der Waals surface area contributed by atoms with Crippen LogP contribution in [0.5, 0.6) is 0 Å². The van der Waals surface area contributed by atoms with Gasteiger partial charge in [0.25, 0.3) is 0 Å². The van der Waals surface area contributed by atoms with Crippen LogP contribution in [-0.4, -0.2) is 22.3 Å². The highest BCUT2D eigenvalue weighted by Crippen LogP contribution is 2.33. The lowest BCUT2D eigenvalue weighted by Gasteiger charge is -2.06. The van der Waals surface area contributed by atoms with Gasteiger partial charge in [-0.25, -0.2) is 0 Å². The molecule has 2 rings (SSSR count). The van der Waals surface area contributed by atoms with Gasteiger partial charge in [0.15, 0.2) is 0 Å². The van der Waals surface area contributed by atoms with Crippen LogP contribution in [0.2, 0.25) is 0 Å². The molecule has 0 atom stereocenters. The number of nitrogen functional groups attached to an aromatic ring is 1. The van der Waals surface area contributed by atoms with Crippen molar-refractivity contribution in [3.8, 4) is 11.3 Å². The van der Waals surface area contributed by atoms with Gasteiger partial charge in [-0.3, -0.25) is 4.68 Å². The van der Waals surface area contributed by atoms with Crippen molar-refractivity contribution in [3.05, 3.63) is 24.3 Å². The molecule has 2 N–H and O–H groups in total. The second-order valence-electron chi connectivity index (χ2n) is 3.64. The molecule has 1 aromatic heterocycles. The first-order valence-electron chi connectivity index (χ1n) is 5.17. The molecule has 0 spiro atoms. The third-order valence-electron chi connectivity index (χ3n) is 2.60. The number of nitrogens with zero attached hydrogens (tertiary/aromatic N) is 2.